The third kappa shape index (κ3) is 2.40. The lowest BCUT2D eigenvalue weighted by molar-refractivity contribution is 0.332. The van der Waals surface area contributed by atoms with Crippen molar-refractivity contribution in [3.8, 4) is 5.75 Å². The number of aliphatic hydroxyl groups is 1. The van der Waals surface area contributed by atoms with Crippen molar-refractivity contribution < 1.29 is 10.2 Å². The highest BCUT2D eigenvalue weighted by Gasteiger charge is 1.91. The second-order valence-electron chi connectivity index (χ2n) is 2.74. The van der Waals surface area contributed by atoms with E-state index in [1.807, 2.05) is 19.1 Å². The van der Waals surface area contributed by atoms with Crippen LogP contribution in [0.15, 0.2) is 29.8 Å². The van der Waals surface area contributed by atoms with E-state index in [1.165, 1.54) is 0 Å². The molecule has 0 heterocycles. The van der Waals surface area contributed by atoms with E-state index in [9.17, 15) is 0 Å². The molecule has 2 N–H and O–H groups in total. The van der Waals surface area contributed by atoms with Crippen molar-refractivity contribution in [1.82, 2.24) is 0 Å². The maximum atomic E-state index is 9.11. The smallest absolute Gasteiger partial charge is 0.116 e. The molecule has 0 aliphatic carbocycles. The van der Waals surface area contributed by atoms with Gasteiger partial charge in [-0.1, -0.05) is 18.2 Å². The molecule has 1 rings (SSSR count). The standard InChI is InChI=1S/C10H12O2/c1-8(7-11)5-9-3-2-4-10(12)6-9/h2-6,11-12H,7H2,1H3/b8-5+. The summed E-state index contributed by atoms with van der Waals surface area (Å²) in [5.41, 5.74) is 1.78. The third-order valence-corrected chi connectivity index (χ3v) is 1.53. The van der Waals surface area contributed by atoms with Gasteiger partial charge in [0.1, 0.15) is 5.75 Å². The van der Waals surface area contributed by atoms with Crippen molar-refractivity contribution in [1.29, 1.82) is 0 Å². The van der Waals surface area contributed by atoms with Gasteiger partial charge in [0.2, 0.25) is 0 Å². The van der Waals surface area contributed by atoms with Crippen LogP contribution in [0.5, 0.6) is 5.75 Å². The Bertz CT molecular complexity index is 290. The second-order valence-corrected chi connectivity index (χ2v) is 2.74. The summed E-state index contributed by atoms with van der Waals surface area (Å²) in [4.78, 5) is 0. The molecule has 1 aromatic rings. The zero-order valence-corrected chi connectivity index (χ0v) is 6.99. The molecule has 0 unspecified atom stereocenters. The molecule has 2 nitrogen and oxygen atoms in total. The van der Waals surface area contributed by atoms with Crippen molar-refractivity contribution in [2.45, 2.75) is 6.92 Å². The Morgan fingerprint density at radius 3 is 2.83 bits per heavy atom. The molecule has 0 radical (unpaired) electrons. The number of phenolic OH excluding ortho intramolecular Hbond substituents is 1. The van der Waals surface area contributed by atoms with Crippen molar-refractivity contribution >= 4 is 6.08 Å². The first-order chi connectivity index (χ1) is 5.72. The van der Waals surface area contributed by atoms with Crippen molar-refractivity contribution in [2.75, 3.05) is 6.61 Å². The highest BCUT2D eigenvalue weighted by Crippen LogP contribution is 2.13. The second kappa shape index (κ2) is 3.93. The minimum atomic E-state index is 0.0512. The number of aromatic hydroxyl groups is 1. The molecule has 1 aromatic carbocycles. The topological polar surface area (TPSA) is 40.5 Å². The van der Waals surface area contributed by atoms with Crippen LogP contribution in [0.25, 0.3) is 6.08 Å². The molecule has 0 aliphatic heterocycles. The van der Waals surface area contributed by atoms with Crippen LogP contribution in [0.3, 0.4) is 0 Å². The summed E-state index contributed by atoms with van der Waals surface area (Å²) in [5.74, 6) is 0.245. The molecule has 0 saturated carbocycles. The number of phenols is 1. The van der Waals surface area contributed by atoms with E-state index in [4.69, 9.17) is 10.2 Å². The van der Waals surface area contributed by atoms with E-state index in [1.54, 1.807) is 18.2 Å². The molecule has 2 heteroatoms. The van der Waals surface area contributed by atoms with Crippen molar-refractivity contribution in [3.05, 3.63) is 35.4 Å². The van der Waals surface area contributed by atoms with Crippen molar-refractivity contribution in [3.63, 3.8) is 0 Å². The Morgan fingerprint density at radius 2 is 2.25 bits per heavy atom. The molecule has 0 amide bonds. The first-order valence-electron chi connectivity index (χ1n) is 3.79. The zero-order valence-electron chi connectivity index (χ0n) is 6.99. The van der Waals surface area contributed by atoms with E-state index in [2.05, 4.69) is 0 Å². The monoisotopic (exact) mass is 164 g/mol. The van der Waals surface area contributed by atoms with E-state index >= 15 is 0 Å². The molecular formula is C10H12O2. The number of rotatable bonds is 2. The Morgan fingerprint density at radius 1 is 1.50 bits per heavy atom. The SMILES string of the molecule is C/C(=C\c1cccc(O)c1)CO. The number of benzene rings is 1. The van der Waals surface area contributed by atoms with Crippen LogP contribution in [0.4, 0.5) is 0 Å². The van der Waals surface area contributed by atoms with E-state index in [0.29, 0.717) is 0 Å². The molecule has 0 fully saturated rings. The normalized spacial score (nSPS) is 11.7. The van der Waals surface area contributed by atoms with Gasteiger partial charge in [0, 0.05) is 0 Å². The predicted molar refractivity (Wildman–Crippen MR) is 48.8 cm³/mol. The highest BCUT2D eigenvalue weighted by atomic mass is 16.3. The van der Waals surface area contributed by atoms with Gasteiger partial charge in [-0.25, -0.2) is 0 Å². The fourth-order valence-corrected chi connectivity index (χ4v) is 0.945. The fourth-order valence-electron chi connectivity index (χ4n) is 0.945. The van der Waals surface area contributed by atoms with Gasteiger partial charge in [-0.15, -0.1) is 0 Å². The van der Waals surface area contributed by atoms with Gasteiger partial charge >= 0.3 is 0 Å². The minimum Gasteiger partial charge on any atom is -0.508 e. The summed E-state index contributed by atoms with van der Waals surface area (Å²) in [6.07, 6.45) is 1.83. The summed E-state index contributed by atoms with van der Waals surface area (Å²) in [5, 5.41) is 17.8. The Kier molecular flexibility index (Phi) is 2.88. The van der Waals surface area contributed by atoms with Gasteiger partial charge in [-0.3, -0.25) is 0 Å². The van der Waals surface area contributed by atoms with Gasteiger partial charge in [-0.2, -0.15) is 0 Å². The molecule has 0 bridgehead atoms. The Balaban J connectivity index is 2.89. The van der Waals surface area contributed by atoms with Crippen LogP contribution in [-0.2, 0) is 0 Å². The lowest BCUT2D eigenvalue weighted by Gasteiger charge is -1.97. The largest absolute Gasteiger partial charge is 0.508 e. The summed E-state index contributed by atoms with van der Waals surface area (Å²) in [7, 11) is 0. The third-order valence-electron chi connectivity index (χ3n) is 1.53. The predicted octanol–water partition coefficient (Wildman–Crippen LogP) is 1.79. The lowest BCUT2D eigenvalue weighted by Crippen LogP contribution is -1.83. The van der Waals surface area contributed by atoms with Gasteiger partial charge in [0.15, 0.2) is 0 Å². The molecule has 0 atom stereocenters. The molecule has 0 spiro atoms. The van der Waals surface area contributed by atoms with E-state index < -0.39 is 0 Å². The summed E-state index contributed by atoms with van der Waals surface area (Å²) in [6.45, 7) is 1.89. The molecule has 0 aromatic heterocycles. The minimum absolute atomic E-state index is 0.0512. The maximum Gasteiger partial charge on any atom is 0.116 e. The number of aliphatic hydroxyl groups excluding tert-OH is 1. The van der Waals surface area contributed by atoms with Gasteiger partial charge in [0.05, 0.1) is 6.61 Å². The Labute approximate surface area is 71.8 Å². The van der Waals surface area contributed by atoms with Crippen molar-refractivity contribution in [2.24, 2.45) is 0 Å². The van der Waals surface area contributed by atoms with Crippen LogP contribution >= 0.6 is 0 Å². The maximum absolute atomic E-state index is 9.11. The molecule has 64 valence electrons. The zero-order chi connectivity index (χ0) is 8.97. The molecule has 0 aliphatic rings. The molecule has 0 saturated heterocycles. The Hall–Kier alpha value is -1.28. The van der Waals surface area contributed by atoms with E-state index in [0.717, 1.165) is 11.1 Å². The fraction of sp³-hybridized carbons (Fsp3) is 0.200. The summed E-state index contributed by atoms with van der Waals surface area (Å²) < 4.78 is 0. The number of hydrogen-bond acceptors (Lipinski definition) is 2. The number of hydrogen-bond donors (Lipinski definition) is 2. The first-order valence-corrected chi connectivity index (χ1v) is 3.79. The summed E-state index contributed by atoms with van der Waals surface area (Å²) in [6, 6.07) is 6.91. The lowest BCUT2D eigenvalue weighted by atomic mass is 10.1. The van der Waals surface area contributed by atoms with Crippen LogP contribution in [0.1, 0.15) is 12.5 Å². The van der Waals surface area contributed by atoms with Crippen LogP contribution in [0, 0.1) is 0 Å². The highest BCUT2D eigenvalue weighted by molar-refractivity contribution is 5.54. The van der Waals surface area contributed by atoms with Gasteiger partial charge in [-0.05, 0) is 30.2 Å². The molecule has 12 heavy (non-hydrogen) atoms. The van der Waals surface area contributed by atoms with E-state index in [-0.39, 0.29) is 12.4 Å². The average molecular weight is 164 g/mol. The summed E-state index contributed by atoms with van der Waals surface area (Å²) >= 11 is 0. The van der Waals surface area contributed by atoms with Gasteiger partial charge < -0.3 is 10.2 Å². The van der Waals surface area contributed by atoms with Crippen LogP contribution in [-0.4, -0.2) is 16.8 Å². The van der Waals surface area contributed by atoms with Crippen LogP contribution < -0.4 is 0 Å². The quantitative estimate of drug-likeness (QED) is 0.699. The van der Waals surface area contributed by atoms with Gasteiger partial charge in [0.25, 0.3) is 0 Å². The van der Waals surface area contributed by atoms with Crippen LogP contribution in [0.2, 0.25) is 0 Å². The molecular weight excluding hydrogens is 152 g/mol. The first kappa shape index (κ1) is 8.81. The average Bonchev–Trinajstić information content (AvgIpc) is 2.04.